The number of aromatic nitrogens is 5. The number of nitrogens with zero attached hydrogens (tertiary/aromatic N) is 6. The van der Waals surface area contributed by atoms with E-state index in [0.29, 0.717) is 42.3 Å². The van der Waals surface area contributed by atoms with Gasteiger partial charge in [-0.1, -0.05) is 0 Å². The maximum Gasteiger partial charge on any atom is 0.285 e. The Morgan fingerprint density at radius 1 is 1.34 bits per heavy atom. The topological polar surface area (TPSA) is 157 Å². The Balaban J connectivity index is 1.65. The molecular weight excluding hydrogens is 439 g/mol. The van der Waals surface area contributed by atoms with Crippen molar-refractivity contribution in [3.63, 3.8) is 0 Å². The van der Waals surface area contributed by atoms with E-state index in [1.807, 2.05) is 4.90 Å². The lowest BCUT2D eigenvalue weighted by atomic mass is 9.94. The number of hydrogen-bond donors (Lipinski definition) is 2. The van der Waals surface area contributed by atoms with Gasteiger partial charge in [-0.2, -0.15) is 14.8 Å². The highest BCUT2D eigenvalue weighted by molar-refractivity contribution is 7.45. The molecule has 1 aliphatic rings. The van der Waals surface area contributed by atoms with Gasteiger partial charge in [0.1, 0.15) is 12.2 Å². The first-order valence-electron chi connectivity index (χ1n) is 10.1. The van der Waals surface area contributed by atoms with E-state index in [-0.39, 0.29) is 17.7 Å². The van der Waals surface area contributed by atoms with E-state index in [9.17, 15) is 19.4 Å². The van der Waals surface area contributed by atoms with Crippen molar-refractivity contribution < 1.29 is 23.7 Å². The predicted octanol–water partition coefficient (Wildman–Crippen LogP) is 0.969. The van der Waals surface area contributed by atoms with Crippen LogP contribution in [0.2, 0.25) is 0 Å². The minimum atomic E-state index is -1.88. The fourth-order valence-electron chi connectivity index (χ4n) is 3.85. The molecule has 0 radical (unpaired) electrons. The standard InChI is InChI=1S/C19H23N6O6P/c1-30-14-8-13-10-21-25(16(26)9-15-23-20-11-31-15)19(27)17(13)18(22-14)24-5-2-12(3-6-24)4-7-32(28)29/h8,10-12,28-29H,2-7,9H2,1H3. The molecule has 12 nitrogen and oxygen atoms in total. The molecule has 0 amide bonds. The third kappa shape index (κ3) is 4.77. The lowest BCUT2D eigenvalue weighted by Gasteiger charge is -2.33. The van der Waals surface area contributed by atoms with Crippen molar-refractivity contribution in [2.45, 2.75) is 25.7 Å². The summed E-state index contributed by atoms with van der Waals surface area (Å²) in [4.78, 5) is 50.7. The van der Waals surface area contributed by atoms with Crippen LogP contribution >= 0.6 is 8.38 Å². The van der Waals surface area contributed by atoms with E-state index in [0.717, 1.165) is 30.3 Å². The average molecular weight is 462 g/mol. The number of piperidine rings is 1. The van der Waals surface area contributed by atoms with Crippen LogP contribution in [0, 0.1) is 5.92 Å². The Bertz CT molecular complexity index is 1140. The highest BCUT2D eigenvalue weighted by Crippen LogP contribution is 2.33. The molecule has 0 aromatic carbocycles. The van der Waals surface area contributed by atoms with Gasteiger partial charge in [-0.05, 0) is 25.2 Å². The van der Waals surface area contributed by atoms with Gasteiger partial charge in [-0.25, -0.2) is 0 Å². The minimum Gasteiger partial charge on any atom is -0.481 e. The monoisotopic (exact) mass is 462 g/mol. The molecule has 32 heavy (non-hydrogen) atoms. The van der Waals surface area contributed by atoms with Gasteiger partial charge in [0, 0.05) is 30.7 Å². The van der Waals surface area contributed by atoms with Crippen LogP contribution in [0.3, 0.4) is 0 Å². The van der Waals surface area contributed by atoms with Crippen molar-refractivity contribution in [1.82, 2.24) is 25.0 Å². The molecule has 0 saturated carbocycles. The van der Waals surface area contributed by atoms with E-state index in [4.69, 9.17) is 9.15 Å². The number of anilines is 1. The Hall–Kier alpha value is -2.95. The first-order chi connectivity index (χ1) is 15.5. The van der Waals surface area contributed by atoms with E-state index in [1.165, 1.54) is 13.3 Å². The summed E-state index contributed by atoms with van der Waals surface area (Å²) >= 11 is 0. The highest BCUT2D eigenvalue weighted by Gasteiger charge is 2.25. The summed E-state index contributed by atoms with van der Waals surface area (Å²) in [5.74, 6) is 0.661. The van der Waals surface area contributed by atoms with E-state index < -0.39 is 19.8 Å². The van der Waals surface area contributed by atoms with Crippen LogP contribution in [-0.4, -0.2) is 67.0 Å². The quantitative estimate of drug-likeness (QED) is 0.482. The number of carbonyl (C=O) groups excluding carboxylic acids is 1. The SMILES string of the molecule is COc1cc2cnn(C(=O)Cc3nnco3)c(=O)c2c(N2CCC(CCP(O)O)CC2)n1. The van der Waals surface area contributed by atoms with E-state index >= 15 is 0 Å². The molecule has 0 unspecified atom stereocenters. The molecule has 0 atom stereocenters. The molecule has 4 rings (SSSR count). The third-order valence-electron chi connectivity index (χ3n) is 5.53. The molecule has 2 N–H and O–H groups in total. The van der Waals surface area contributed by atoms with E-state index in [2.05, 4.69) is 20.3 Å². The number of pyridine rings is 1. The zero-order valence-corrected chi connectivity index (χ0v) is 18.3. The second-order valence-corrected chi connectivity index (χ2v) is 8.72. The zero-order valence-electron chi connectivity index (χ0n) is 17.4. The molecular formula is C19H23N6O6P. The van der Waals surface area contributed by atoms with Crippen molar-refractivity contribution >= 4 is 30.9 Å². The number of methoxy groups -OCH3 is 1. The van der Waals surface area contributed by atoms with E-state index in [1.54, 1.807) is 6.07 Å². The zero-order chi connectivity index (χ0) is 22.7. The maximum absolute atomic E-state index is 13.3. The molecule has 3 aromatic heterocycles. The third-order valence-corrected chi connectivity index (χ3v) is 6.19. The summed E-state index contributed by atoms with van der Waals surface area (Å²) in [6.07, 6.45) is 5.12. The van der Waals surface area contributed by atoms with Gasteiger partial charge in [0.15, 0.2) is 8.38 Å². The Labute approximate surface area is 183 Å². The van der Waals surface area contributed by atoms with Crippen molar-refractivity contribution in [3.8, 4) is 5.88 Å². The molecule has 4 heterocycles. The van der Waals surface area contributed by atoms with Crippen LogP contribution in [-0.2, 0) is 6.42 Å². The van der Waals surface area contributed by atoms with Gasteiger partial charge in [-0.15, -0.1) is 10.2 Å². The molecule has 0 spiro atoms. The van der Waals surface area contributed by atoms with Crippen molar-refractivity contribution in [2.75, 3.05) is 31.3 Å². The highest BCUT2D eigenvalue weighted by atomic mass is 31.2. The van der Waals surface area contributed by atoms with Crippen LogP contribution in [0.25, 0.3) is 10.8 Å². The molecule has 1 fully saturated rings. The molecule has 0 bridgehead atoms. The second-order valence-electron chi connectivity index (χ2n) is 7.53. The lowest BCUT2D eigenvalue weighted by Crippen LogP contribution is -2.36. The summed E-state index contributed by atoms with van der Waals surface area (Å²) in [5.41, 5.74) is -0.578. The number of hydrogen-bond acceptors (Lipinski definition) is 11. The van der Waals surface area contributed by atoms with Crippen LogP contribution in [0.5, 0.6) is 5.88 Å². The average Bonchev–Trinajstić information content (AvgIpc) is 3.30. The van der Waals surface area contributed by atoms with Gasteiger partial charge in [0.25, 0.3) is 11.5 Å². The molecule has 170 valence electrons. The Morgan fingerprint density at radius 2 is 2.12 bits per heavy atom. The van der Waals surface area contributed by atoms with Gasteiger partial charge in [0.2, 0.25) is 18.2 Å². The first kappa shape index (κ1) is 22.3. The summed E-state index contributed by atoms with van der Waals surface area (Å²) in [5, 5.41) is 12.0. The van der Waals surface area contributed by atoms with Gasteiger partial charge < -0.3 is 23.8 Å². The fourth-order valence-corrected chi connectivity index (χ4v) is 4.44. The van der Waals surface area contributed by atoms with Crippen molar-refractivity contribution in [2.24, 2.45) is 5.92 Å². The number of rotatable bonds is 7. The normalized spacial score (nSPS) is 14.9. The molecule has 1 saturated heterocycles. The molecule has 13 heteroatoms. The van der Waals surface area contributed by atoms with Crippen molar-refractivity contribution in [1.29, 1.82) is 0 Å². The predicted molar refractivity (Wildman–Crippen MR) is 115 cm³/mol. The summed E-state index contributed by atoms with van der Waals surface area (Å²) < 4.78 is 11.1. The van der Waals surface area contributed by atoms with Crippen LogP contribution in [0.15, 0.2) is 27.9 Å². The summed E-state index contributed by atoms with van der Waals surface area (Å²) in [7, 11) is -0.386. The summed E-state index contributed by atoms with van der Waals surface area (Å²) in [6, 6.07) is 1.61. The largest absolute Gasteiger partial charge is 0.481 e. The fraction of sp³-hybridized carbons (Fsp3) is 0.474. The maximum atomic E-state index is 13.3. The van der Waals surface area contributed by atoms with Gasteiger partial charge in [0.05, 0.1) is 18.7 Å². The van der Waals surface area contributed by atoms with Crippen LogP contribution < -0.4 is 15.2 Å². The summed E-state index contributed by atoms with van der Waals surface area (Å²) in [6.45, 7) is 1.29. The van der Waals surface area contributed by atoms with Gasteiger partial charge in [-0.3, -0.25) is 9.59 Å². The van der Waals surface area contributed by atoms with Crippen molar-refractivity contribution in [3.05, 3.63) is 34.9 Å². The van der Waals surface area contributed by atoms with Crippen LogP contribution in [0.1, 0.15) is 29.9 Å². The van der Waals surface area contributed by atoms with Crippen LogP contribution in [0.4, 0.5) is 5.82 Å². The number of carbonyl (C=O) groups is 1. The molecule has 3 aromatic rings. The minimum absolute atomic E-state index is 0.0911. The first-order valence-corrected chi connectivity index (χ1v) is 11.5. The number of fused-ring (bicyclic) bond motifs is 1. The number of ether oxygens (including phenoxy) is 1. The van der Waals surface area contributed by atoms with Gasteiger partial charge >= 0.3 is 0 Å². The Kier molecular flexibility index (Phi) is 6.73. The lowest BCUT2D eigenvalue weighted by molar-refractivity contribution is 0.0884. The second kappa shape index (κ2) is 9.68. The Morgan fingerprint density at radius 3 is 2.78 bits per heavy atom. The molecule has 0 aliphatic carbocycles. The molecule has 1 aliphatic heterocycles. The smallest absolute Gasteiger partial charge is 0.285 e.